The van der Waals surface area contributed by atoms with Crippen LogP contribution in [0.3, 0.4) is 0 Å². The van der Waals surface area contributed by atoms with E-state index in [-0.39, 0.29) is 11.2 Å². The number of benzene rings is 1. The Bertz CT molecular complexity index is 824. The van der Waals surface area contributed by atoms with E-state index in [1.165, 1.54) is 43.2 Å². The number of hydrogen-bond acceptors (Lipinski definition) is 2. The van der Waals surface area contributed by atoms with Gasteiger partial charge in [0, 0.05) is 16.4 Å². The van der Waals surface area contributed by atoms with Gasteiger partial charge in [0.1, 0.15) is 0 Å². The maximum atomic E-state index is 11.9. The lowest BCUT2D eigenvalue weighted by atomic mass is 9.48. The van der Waals surface area contributed by atoms with Crippen LogP contribution >= 0.6 is 11.8 Å². The minimum atomic E-state index is 0.132. The highest BCUT2D eigenvalue weighted by Crippen LogP contribution is 2.66. The van der Waals surface area contributed by atoms with Gasteiger partial charge in [-0.25, -0.2) is 0 Å². The van der Waals surface area contributed by atoms with Gasteiger partial charge in [-0.15, -0.1) is 0 Å². The van der Waals surface area contributed by atoms with Crippen LogP contribution in [-0.4, -0.2) is 11.0 Å². The van der Waals surface area contributed by atoms with Crippen LogP contribution in [0, 0.1) is 28.6 Å². The molecule has 1 nitrogen and oxygen atoms in total. The second-order valence-electron chi connectivity index (χ2n) is 10.0. The van der Waals surface area contributed by atoms with Crippen molar-refractivity contribution in [3.8, 4) is 0 Å². The Hall–Kier alpha value is -1.28. The van der Waals surface area contributed by atoms with E-state index in [2.05, 4.69) is 62.0 Å². The molecule has 0 aliphatic heterocycles. The van der Waals surface area contributed by atoms with Gasteiger partial charge >= 0.3 is 0 Å². The number of rotatable bonds is 3. The molecular weight excluding hydrogens is 360 g/mol. The van der Waals surface area contributed by atoms with Crippen LogP contribution in [0.4, 0.5) is 0 Å². The van der Waals surface area contributed by atoms with E-state index < -0.39 is 0 Å². The molecule has 0 spiro atoms. The fourth-order valence-corrected chi connectivity index (χ4v) is 8.76. The highest BCUT2D eigenvalue weighted by molar-refractivity contribution is 7.99. The summed E-state index contributed by atoms with van der Waals surface area (Å²) in [5, 5.41) is 0.798. The average Bonchev–Trinajstić information content (AvgIpc) is 3.04. The summed E-state index contributed by atoms with van der Waals surface area (Å²) in [6.07, 6.45) is 14.0. The number of carbonyl (C=O) groups is 1. The summed E-state index contributed by atoms with van der Waals surface area (Å²) in [6, 6.07) is 11.0. The molecule has 0 aromatic heterocycles. The minimum absolute atomic E-state index is 0.132. The van der Waals surface area contributed by atoms with E-state index in [0.717, 1.165) is 35.2 Å². The van der Waals surface area contributed by atoms with Crippen LogP contribution in [0.5, 0.6) is 0 Å². The van der Waals surface area contributed by atoms with Gasteiger partial charge in [0.05, 0.1) is 0 Å². The minimum Gasteiger partial charge on any atom is -0.290 e. The van der Waals surface area contributed by atoms with Crippen LogP contribution in [0.15, 0.2) is 54.1 Å². The first-order valence-electron chi connectivity index (χ1n) is 11.1. The van der Waals surface area contributed by atoms with Gasteiger partial charge < -0.3 is 0 Å². The van der Waals surface area contributed by atoms with Gasteiger partial charge in [0.25, 0.3) is 0 Å². The number of hydrogen-bond donors (Lipinski definition) is 0. The molecule has 1 aromatic carbocycles. The molecule has 28 heavy (non-hydrogen) atoms. The van der Waals surface area contributed by atoms with Crippen molar-refractivity contribution in [2.24, 2.45) is 28.6 Å². The molecule has 0 heterocycles. The predicted octanol–water partition coefficient (Wildman–Crippen LogP) is 6.60. The highest BCUT2D eigenvalue weighted by atomic mass is 32.2. The fraction of sp³-hybridized carbons (Fsp3) is 0.577. The van der Waals surface area contributed by atoms with Crippen molar-refractivity contribution in [3.05, 3.63) is 59.7 Å². The Labute approximate surface area is 174 Å². The predicted molar refractivity (Wildman–Crippen MR) is 118 cm³/mol. The number of carbonyl (C=O) groups excluding carboxylic acids is 1. The van der Waals surface area contributed by atoms with Gasteiger partial charge in [-0.2, -0.15) is 11.8 Å². The summed E-state index contributed by atoms with van der Waals surface area (Å²) < 4.78 is 0. The van der Waals surface area contributed by atoms with Gasteiger partial charge in [-0.3, -0.25) is 4.79 Å². The molecule has 0 amide bonds. The Morgan fingerprint density at radius 1 is 1.04 bits per heavy atom. The smallest absolute Gasteiger partial charge is 0.178 e. The van der Waals surface area contributed by atoms with Gasteiger partial charge in [0.15, 0.2) is 5.78 Å². The summed E-state index contributed by atoms with van der Waals surface area (Å²) in [6.45, 7) is 5.02. The zero-order valence-corrected chi connectivity index (χ0v) is 18.0. The highest BCUT2D eigenvalue weighted by Gasteiger charge is 2.58. The number of ketones is 1. The molecule has 3 fully saturated rings. The van der Waals surface area contributed by atoms with Crippen LogP contribution < -0.4 is 0 Å². The van der Waals surface area contributed by atoms with Gasteiger partial charge in [0.2, 0.25) is 0 Å². The van der Waals surface area contributed by atoms with Crippen molar-refractivity contribution in [2.75, 3.05) is 0 Å². The molecule has 3 saturated carbocycles. The SMILES string of the molecule is C[C@]12C=CC(=O)C=C1CCC1C2CC[C@@]2(C)C1CC[C@H]2SCc1ccccc1. The summed E-state index contributed by atoms with van der Waals surface area (Å²) in [4.78, 5) is 11.9. The van der Waals surface area contributed by atoms with Gasteiger partial charge in [-0.05, 0) is 79.4 Å². The third kappa shape index (κ3) is 2.86. The van der Waals surface area contributed by atoms with Crippen molar-refractivity contribution < 1.29 is 4.79 Å². The summed E-state index contributed by atoms with van der Waals surface area (Å²) >= 11 is 2.21. The molecule has 148 valence electrons. The van der Waals surface area contributed by atoms with E-state index in [4.69, 9.17) is 0 Å². The standard InChI is InChI=1S/C26H32OS/c1-25-14-12-20(27)16-19(25)8-9-21-22-10-11-24(26(22,2)15-13-23(21)25)28-17-18-6-4-3-5-7-18/h3-7,12,14,16,21-24H,8-11,13,15,17H2,1-2H3/t21?,22?,23?,24-,25+,26+/m1/s1. The van der Waals surface area contributed by atoms with Crippen molar-refractivity contribution in [1.29, 1.82) is 0 Å². The van der Waals surface area contributed by atoms with Gasteiger partial charge in [-0.1, -0.05) is 55.8 Å². The largest absolute Gasteiger partial charge is 0.290 e. The number of thioether (sulfide) groups is 1. The van der Waals surface area contributed by atoms with Crippen LogP contribution in [0.2, 0.25) is 0 Å². The molecule has 4 aliphatic carbocycles. The maximum Gasteiger partial charge on any atom is 0.178 e. The topological polar surface area (TPSA) is 17.1 Å². The number of allylic oxidation sites excluding steroid dienone is 4. The van der Waals surface area contributed by atoms with E-state index in [9.17, 15) is 4.79 Å². The molecule has 6 atom stereocenters. The Morgan fingerprint density at radius 3 is 2.68 bits per heavy atom. The lowest BCUT2D eigenvalue weighted by Crippen LogP contribution is -2.50. The maximum absolute atomic E-state index is 11.9. The molecule has 0 N–H and O–H groups in total. The zero-order chi connectivity index (χ0) is 19.4. The lowest BCUT2D eigenvalue weighted by molar-refractivity contribution is -0.111. The first-order chi connectivity index (χ1) is 13.5. The second kappa shape index (κ2) is 6.90. The van der Waals surface area contributed by atoms with Crippen LogP contribution in [0.1, 0.15) is 57.9 Å². The van der Waals surface area contributed by atoms with Crippen LogP contribution in [-0.2, 0) is 10.5 Å². The normalized spacial score (nSPS) is 41.8. The Morgan fingerprint density at radius 2 is 1.86 bits per heavy atom. The molecule has 0 saturated heterocycles. The molecule has 1 aromatic rings. The molecule has 3 unspecified atom stereocenters. The quantitative estimate of drug-likeness (QED) is 0.577. The lowest BCUT2D eigenvalue weighted by Gasteiger charge is -2.57. The van der Waals surface area contributed by atoms with E-state index in [1.807, 2.05) is 12.2 Å². The monoisotopic (exact) mass is 392 g/mol. The first-order valence-corrected chi connectivity index (χ1v) is 12.2. The average molecular weight is 393 g/mol. The summed E-state index contributed by atoms with van der Waals surface area (Å²) in [7, 11) is 0. The first kappa shape index (κ1) is 18.7. The van der Waals surface area contributed by atoms with Crippen LogP contribution in [0.25, 0.3) is 0 Å². The molecular formula is C26H32OS. The fourth-order valence-electron chi connectivity index (χ4n) is 7.19. The summed E-state index contributed by atoms with van der Waals surface area (Å²) in [5.74, 6) is 3.78. The molecule has 4 aliphatic rings. The zero-order valence-electron chi connectivity index (χ0n) is 17.2. The third-order valence-corrected chi connectivity index (χ3v) is 10.4. The second-order valence-corrected chi connectivity index (χ2v) is 11.2. The molecule has 2 heteroatoms. The van der Waals surface area contributed by atoms with E-state index in [0.29, 0.717) is 5.41 Å². The molecule has 5 rings (SSSR count). The molecule has 0 bridgehead atoms. The Kier molecular flexibility index (Phi) is 4.62. The van der Waals surface area contributed by atoms with E-state index in [1.54, 1.807) is 0 Å². The van der Waals surface area contributed by atoms with Crippen molar-refractivity contribution in [2.45, 2.75) is 63.4 Å². The van der Waals surface area contributed by atoms with Crippen molar-refractivity contribution >= 4 is 17.5 Å². The van der Waals surface area contributed by atoms with Crippen molar-refractivity contribution in [3.63, 3.8) is 0 Å². The Balaban J connectivity index is 1.35. The third-order valence-electron chi connectivity index (χ3n) is 8.76. The van der Waals surface area contributed by atoms with Crippen molar-refractivity contribution in [1.82, 2.24) is 0 Å². The number of fused-ring (bicyclic) bond motifs is 5. The van der Waals surface area contributed by atoms with E-state index >= 15 is 0 Å². The molecule has 0 radical (unpaired) electrons. The summed E-state index contributed by atoms with van der Waals surface area (Å²) in [5.41, 5.74) is 3.50.